The van der Waals surface area contributed by atoms with Gasteiger partial charge in [-0.15, -0.1) is 0 Å². The molecule has 1 saturated carbocycles. The third-order valence-electron chi connectivity index (χ3n) is 3.09. The Kier molecular flexibility index (Phi) is 2.29. The fraction of sp³-hybridized carbons (Fsp3) is 0.286. The van der Waals surface area contributed by atoms with Crippen molar-refractivity contribution in [1.29, 1.82) is 0 Å². The Bertz CT molecular complexity index is 501. The first kappa shape index (κ1) is 9.67. The normalized spacial score (nSPS) is 24.1. The van der Waals surface area contributed by atoms with Crippen LogP contribution in [0.25, 0.3) is 10.8 Å². The number of aliphatic hydroxyl groups is 1. The predicted octanol–water partition coefficient (Wildman–Crippen LogP) is 2.74. The van der Waals surface area contributed by atoms with E-state index in [0.29, 0.717) is 0 Å². The SMILES string of the molecule is OC1CC(Oc2ccc3ccccc3c2)C1. The smallest absolute Gasteiger partial charge is 0.120 e. The van der Waals surface area contributed by atoms with Gasteiger partial charge >= 0.3 is 0 Å². The van der Waals surface area contributed by atoms with Crippen molar-refractivity contribution in [2.24, 2.45) is 0 Å². The minimum absolute atomic E-state index is 0.162. The van der Waals surface area contributed by atoms with Gasteiger partial charge in [0, 0.05) is 12.8 Å². The largest absolute Gasteiger partial charge is 0.490 e. The molecule has 0 unspecified atom stereocenters. The van der Waals surface area contributed by atoms with E-state index in [4.69, 9.17) is 4.74 Å². The highest BCUT2D eigenvalue weighted by atomic mass is 16.5. The molecule has 2 aromatic carbocycles. The molecule has 0 bridgehead atoms. The van der Waals surface area contributed by atoms with Crippen molar-refractivity contribution in [2.45, 2.75) is 25.0 Å². The zero-order valence-electron chi connectivity index (χ0n) is 8.97. The van der Waals surface area contributed by atoms with Crippen molar-refractivity contribution >= 4 is 10.8 Å². The standard InChI is InChI=1S/C14H14O2/c15-12-8-14(9-12)16-13-6-5-10-3-1-2-4-11(10)7-13/h1-7,12,14-15H,8-9H2. The first-order valence-electron chi connectivity index (χ1n) is 5.65. The van der Waals surface area contributed by atoms with Crippen LogP contribution in [-0.2, 0) is 0 Å². The molecule has 0 aromatic heterocycles. The summed E-state index contributed by atoms with van der Waals surface area (Å²) in [5.41, 5.74) is 0. The minimum atomic E-state index is -0.162. The third-order valence-corrected chi connectivity index (χ3v) is 3.09. The van der Waals surface area contributed by atoms with Crippen LogP contribution < -0.4 is 4.74 Å². The molecule has 0 spiro atoms. The second-order valence-corrected chi connectivity index (χ2v) is 4.37. The number of hydrogen-bond donors (Lipinski definition) is 1. The van der Waals surface area contributed by atoms with Crippen LogP contribution in [0.2, 0.25) is 0 Å². The molecule has 1 aliphatic rings. The average molecular weight is 214 g/mol. The number of fused-ring (bicyclic) bond motifs is 1. The van der Waals surface area contributed by atoms with Crippen molar-refractivity contribution in [3.63, 3.8) is 0 Å². The van der Waals surface area contributed by atoms with E-state index in [0.717, 1.165) is 18.6 Å². The lowest BCUT2D eigenvalue weighted by Gasteiger charge is -2.31. The van der Waals surface area contributed by atoms with E-state index in [9.17, 15) is 5.11 Å². The molecule has 0 atom stereocenters. The Labute approximate surface area is 94.5 Å². The zero-order valence-corrected chi connectivity index (χ0v) is 8.97. The van der Waals surface area contributed by atoms with Crippen LogP contribution in [0.15, 0.2) is 42.5 Å². The molecule has 0 heterocycles. The van der Waals surface area contributed by atoms with Gasteiger partial charge < -0.3 is 9.84 Å². The van der Waals surface area contributed by atoms with Gasteiger partial charge in [0.05, 0.1) is 6.10 Å². The van der Waals surface area contributed by atoms with Gasteiger partial charge in [0.1, 0.15) is 11.9 Å². The summed E-state index contributed by atoms with van der Waals surface area (Å²) in [7, 11) is 0. The summed E-state index contributed by atoms with van der Waals surface area (Å²) >= 11 is 0. The van der Waals surface area contributed by atoms with E-state index < -0.39 is 0 Å². The summed E-state index contributed by atoms with van der Waals surface area (Å²) in [6.45, 7) is 0. The van der Waals surface area contributed by atoms with E-state index in [-0.39, 0.29) is 12.2 Å². The first-order valence-corrected chi connectivity index (χ1v) is 5.65. The van der Waals surface area contributed by atoms with Crippen LogP contribution in [0.4, 0.5) is 0 Å². The Balaban J connectivity index is 1.82. The highest BCUT2D eigenvalue weighted by molar-refractivity contribution is 5.83. The lowest BCUT2D eigenvalue weighted by Crippen LogP contribution is -2.37. The topological polar surface area (TPSA) is 29.5 Å². The van der Waals surface area contributed by atoms with Gasteiger partial charge in [-0.3, -0.25) is 0 Å². The van der Waals surface area contributed by atoms with E-state index in [2.05, 4.69) is 24.3 Å². The van der Waals surface area contributed by atoms with Crippen LogP contribution in [0.3, 0.4) is 0 Å². The maximum Gasteiger partial charge on any atom is 0.120 e. The Morgan fingerprint density at radius 2 is 1.75 bits per heavy atom. The summed E-state index contributed by atoms with van der Waals surface area (Å²) in [5.74, 6) is 0.899. The molecule has 0 saturated heterocycles. The van der Waals surface area contributed by atoms with Gasteiger partial charge in [-0.2, -0.15) is 0 Å². The fourth-order valence-corrected chi connectivity index (χ4v) is 2.07. The van der Waals surface area contributed by atoms with E-state index >= 15 is 0 Å². The molecule has 0 aliphatic heterocycles. The lowest BCUT2D eigenvalue weighted by atomic mass is 9.92. The van der Waals surface area contributed by atoms with Crippen molar-refractivity contribution < 1.29 is 9.84 Å². The number of ether oxygens (including phenoxy) is 1. The number of hydrogen-bond acceptors (Lipinski definition) is 2. The van der Waals surface area contributed by atoms with E-state index in [1.54, 1.807) is 0 Å². The van der Waals surface area contributed by atoms with Crippen molar-refractivity contribution in [3.05, 3.63) is 42.5 Å². The van der Waals surface area contributed by atoms with Crippen molar-refractivity contribution in [2.75, 3.05) is 0 Å². The first-order chi connectivity index (χ1) is 7.81. The zero-order chi connectivity index (χ0) is 11.0. The number of rotatable bonds is 2. The molecule has 82 valence electrons. The molecule has 1 aliphatic carbocycles. The second kappa shape index (κ2) is 3.80. The molecule has 2 aromatic rings. The van der Waals surface area contributed by atoms with Crippen LogP contribution in [0.1, 0.15) is 12.8 Å². The van der Waals surface area contributed by atoms with Gasteiger partial charge in [0.15, 0.2) is 0 Å². The van der Waals surface area contributed by atoms with Crippen LogP contribution in [0, 0.1) is 0 Å². The number of benzene rings is 2. The Morgan fingerprint density at radius 3 is 2.50 bits per heavy atom. The fourth-order valence-electron chi connectivity index (χ4n) is 2.07. The molecule has 16 heavy (non-hydrogen) atoms. The van der Waals surface area contributed by atoms with Gasteiger partial charge in [0.2, 0.25) is 0 Å². The number of aliphatic hydroxyl groups excluding tert-OH is 1. The average Bonchev–Trinajstić information content (AvgIpc) is 2.27. The Hall–Kier alpha value is -1.54. The highest BCUT2D eigenvalue weighted by Crippen LogP contribution is 2.27. The monoisotopic (exact) mass is 214 g/mol. The quantitative estimate of drug-likeness (QED) is 0.833. The molecule has 0 radical (unpaired) electrons. The molecule has 0 amide bonds. The molecular weight excluding hydrogens is 200 g/mol. The predicted molar refractivity (Wildman–Crippen MR) is 63.6 cm³/mol. The van der Waals surface area contributed by atoms with Crippen LogP contribution in [0.5, 0.6) is 5.75 Å². The van der Waals surface area contributed by atoms with Gasteiger partial charge in [-0.1, -0.05) is 30.3 Å². The third kappa shape index (κ3) is 1.76. The summed E-state index contributed by atoms with van der Waals surface area (Å²) in [6.07, 6.45) is 1.54. The summed E-state index contributed by atoms with van der Waals surface area (Å²) < 4.78 is 5.77. The van der Waals surface area contributed by atoms with E-state index in [1.807, 2.05) is 18.2 Å². The summed E-state index contributed by atoms with van der Waals surface area (Å²) in [5, 5.41) is 11.6. The molecule has 2 nitrogen and oxygen atoms in total. The molecule has 1 fully saturated rings. The maximum absolute atomic E-state index is 9.19. The lowest BCUT2D eigenvalue weighted by molar-refractivity contribution is -0.0107. The second-order valence-electron chi connectivity index (χ2n) is 4.37. The van der Waals surface area contributed by atoms with Gasteiger partial charge in [-0.05, 0) is 22.9 Å². The highest BCUT2D eigenvalue weighted by Gasteiger charge is 2.28. The minimum Gasteiger partial charge on any atom is -0.490 e. The van der Waals surface area contributed by atoms with Gasteiger partial charge in [0.25, 0.3) is 0 Å². The van der Waals surface area contributed by atoms with Crippen LogP contribution in [-0.4, -0.2) is 17.3 Å². The van der Waals surface area contributed by atoms with E-state index in [1.165, 1.54) is 10.8 Å². The summed E-state index contributed by atoms with van der Waals surface area (Å²) in [6, 6.07) is 14.3. The van der Waals surface area contributed by atoms with Crippen LogP contribution >= 0.6 is 0 Å². The maximum atomic E-state index is 9.19. The molecule has 3 rings (SSSR count). The van der Waals surface area contributed by atoms with Gasteiger partial charge in [-0.25, -0.2) is 0 Å². The Morgan fingerprint density at radius 1 is 1.00 bits per heavy atom. The molecular formula is C14H14O2. The van der Waals surface area contributed by atoms with Crippen molar-refractivity contribution in [1.82, 2.24) is 0 Å². The summed E-state index contributed by atoms with van der Waals surface area (Å²) in [4.78, 5) is 0. The molecule has 1 N–H and O–H groups in total. The van der Waals surface area contributed by atoms with Crippen molar-refractivity contribution in [3.8, 4) is 5.75 Å². The molecule has 2 heteroatoms.